The monoisotopic (exact) mass is 642 g/mol. The lowest BCUT2D eigenvalue weighted by Gasteiger charge is -2.25. The van der Waals surface area contributed by atoms with Crippen LogP contribution in [0.4, 0.5) is 0 Å². The van der Waals surface area contributed by atoms with E-state index in [9.17, 15) is 0 Å². The van der Waals surface area contributed by atoms with E-state index in [4.69, 9.17) is 0 Å². The summed E-state index contributed by atoms with van der Waals surface area (Å²) in [5.74, 6) is 0. The van der Waals surface area contributed by atoms with Gasteiger partial charge in [-0.15, -0.1) is 0 Å². The molecule has 0 saturated heterocycles. The normalized spacial score (nSPS) is 12.6. The van der Waals surface area contributed by atoms with Gasteiger partial charge in [0.05, 0.1) is 0 Å². The zero-order valence-electron chi connectivity index (χ0n) is 29.9. The summed E-state index contributed by atoms with van der Waals surface area (Å²) in [5, 5.41) is 15.5. The summed E-state index contributed by atoms with van der Waals surface area (Å²) in [5.41, 5.74) is 7.86. The molecule has 0 aromatic heterocycles. The van der Waals surface area contributed by atoms with Crippen LogP contribution in [-0.4, -0.2) is 0 Å². The van der Waals surface area contributed by atoms with Crippen LogP contribution in [0.1, 0.15) is 52.7 Å². The summed E-state index contributed by atoms with van der Waals surface area (Å²) < 4.78 is 0. The van der Waals surface area contributed by atoms with Crippen LogP contribution in [-0.2, 0) is 10.8 Å². The van der Waals surface area contributed by atoms with E-state index in [1.54, 1.807) is 0 Å². The molecule has 0 nitrogen and oxygen atoms in total. The second kappa shape index (κ2) is 11.0. The van der Waals surface area contributed by atoms with Gasteiger partial charge in [0.25, 0.3) is 0 Å². The van der Waals surface area contributed by atoms with E-state index in [0.717, 1.165) is 0 Å². The highest BCUT2D eigenvalue weighted by Crippen LogP contribution is 2.47. The molecule has 0 N–H and O–H groups in total. The highest BCUT2D eigenvalue weighted by molar-refractivity contribution is 6.23. The van der Waals surface area contributed by atoms with Gasteiger partial charge < -0.3 is 0 Å². The zero-order valence-corrected chi connectivity index (χ0v) is 29.9. The van der Waals surface area contributed by atoms with Gasteiger partial charge >= 0.3 is 0 Å². The van der Waals surface area contributed by atoms with E-state index in [1.807, 2.05) is 0 Å². The van der Waals surface area contributed by atoms with Crippen molar-refractivity contribution in [1.82, 2.24) is 0 Å². The fourth-order valence-electron chi connectivity index (χ4n) is 8.10. The minimum atomic E-state index is 0.0120. The van der Waals surface area contributed by atoms with Gasteiger partial charge in [-0.25, -0.2) is 0 Å². The van der Waals surface area contributed by atoms with Crippen molar-refractivity contribution in [3.05, 3.63) is 157 Å². The SMILES string of the molecule is CC(C)(C)c1ccc2c(-c3ccc4ccc5ccccc5c4c3)c3cc(C(C)(C)C)ccc3c(-c3ccc4ccc5ccccc5c4c3)c2c1. The minimum Gasteiger partial charge on any atom is -0.0616 e. The highest BCUT2D eigenvalue weighted by atomic mass is 14.3. The van der Waals surface area contributed by atoms with Crippen LogP contribution in [0.15, 0.2) is 146 Å². The van der Waals surface area contributed by atoms with E-state index in [1.165, 1.54) is 98.0 Å². The van der Waals surface area contributed by atoms with Gasteiger partial charge in [-0.2, -0.15) is 0 Å². The Labute approximate surface area is 295 Å². The molecule has 0 amide bonds. The van der Waals surface area contributed by atoms with Crippen LogP contribution < -0.4 is 0 Å². The second-order valence-corrected chi connectivity index (χ2v) is 16.2. The van der Waals surface area contributed by atoms with E-state index in [2.05, 4.69) is 187 Å². The molecule has 9 aromatic rings. The van der Waals surface area contributed by atoms with Crippen LogP contribution in [0.2, 0.25) is 0 Å². The van der Waals surface area contributed by atoms with E-state index in [0.29, 0.717) is 0 Å². The molecule has 0 bridgehead atoms. The molecule has 0 spiro atoms. The van der Waals surface area contributed by atoms with Crippen LogP contribution in [0.5, 0.6) is 0 Å². The van der Waals surface area contributed by atoms with Gasteiger partial charge in [-0.1, -0.05) is 163 Å². The van der Waals surface area contributed by atoms with Crippen molar-refractivity contribution in [2.75, 3.05) is 0 Å². The zero-order chi connectivity index (χ0) is 34.4. The first-order valence-electron chi connectivity index (χ1n) is 17.9. The lowest BCUT2D eigenvalue weighted by Crippen LogP contribution is -2.11. The molecule has 242 valence electrons. The summed E-state index contributed by atoms with van der Waals surface area (Å²) in [4.78, 5) is 0. The van der Waals surface area contributed by atoms with Crippen LogP contribution in [0, 0.1) is 0 Å². The molecule has 0 atom stereocenters. The maximum atomic E-state index is 2.48. The quantitative estimate of drug-likeness (QED) is 0.130. The molecule has 9 aromatic carbocycles. The maximum Gasteiger partial charge on any atom is -0.00260 e. The van der Waals surface area contributed by atoms with Crippen molar-refractivity contribution in [1.29, 1.82) is 0 Å². The summed E-state index contributed by atoms with van der Waals surface area (Å²) in [7, 11) is 0. The number of fused-ring (bicyclic) bond motifs is 8. The van der Waals surface area contributed by atoms with Crippen molar-refractivity contribution >= 4 is 64.6 Å². The van der Waals surface area contributed by atoms with E-state index in [-0.39, 0.29) is 10.8 Å². The maximum absolute atomic E-state index is 2.48. The summed E-state index contributed by atoms with van der Waals surface area (Å²) in [6.45, 7) is 13.9. The third-order valence-corrected chi connectivity index (χ3v) is 10.9. The number of hydrogen-bond donors (Lipinski definition) is 0. The Kier molecular flexibility index (Phi) is 6.74. The molecule has 0 heterocycles. The van der Waals surface area contributed by atoms with Crippen molar-refractivity contribution in [2.45, 2.75) is 52.4 Å². The molecule has 0 heteroatoms. The average molecular weight is 643 g/mol. The van der Waals surface area contributed by atoms with Crippen LogP contribution >= 0.6 is 0 Å². The summed E-state index contributed by atoms with van der Waals surface area (Å²) >= 11 is 0. The summed E-state index contributed by atoms with van der Waals surface area (Å²) in [6.07, 6.45) is 0. The molecule has 0 radical (unpaired) electrons. The molecule has 0 aliphatic rings. The Balaban J connectivity index is 1.45. The fraction of sp³-hybridized carbons (Fsp3) is 0.160. The smallest absolute Gasteiger partial charge is 0.00260 e. The van der Waals surface area contributed by atoms with Crippen molar-refractivity contribution in [2.24, 2.45) is 0 Å². The molecule has 0 saturated carbocycles. The Morgan fingerprint density at radius 1 is 0.280 bits per heavy atom. The highest BCUT2D eigenvalue weighted by Gasteiger charge is 2.23. The molecule has 0 unspecified atom stereocenters. The Morgan fingerprint density at radius 2 is 0.640 bits per heavy atom. The first-order chi connectivity index (χ1) is 24.0. The summed E-state index contributed by atoms with van der Waals surface area (Å²) in [6, 6.07) is 55.2. The predicted molar refractivity (Wildman–Crippen MR) is 220 cm³/mol. The first kappa shape index (κ1) is 30.6. The minimum absolute atomic E-state index is 0.0120. The van der Waals surface area contributed by atoms with Gasteiger partial charge in [0.1, 0.15) is 0 Å². The average Bonchev–Trinajstić information content (AvgIpc) is 3.12. The second-order valence-electron chi connectivity index (χ2n) is 16.2. The predicted octanol–water partition coefficient (Wildman–Crippen LogP) is 14.5. The lowest BCUT2D eigenvalue weighted by molar-refractivity contribution is 0.590. The van der Waals surface area contributed by atoms with E-state index >= 15 is 0 Å². The number of rotatable bonds is 2. The first-order valence-corrected chi connectivity index (χ1v) is 17.9. The number of benzene rings is 9. The Hall–Kier alpha value is -5.46. The molecule has 0 aliphatic carbocycles. The number of hydrogen-bond acceptors (Lipinski definition) is 0. The van der Waals surface area contributed by atoms with E-state index < -0.39 is 0 Å². The molecule has 50 heavy (non-hydrogen) atoms. The van der Waals surface area contributed by atoms with Crippen LogP contribution in [0.25, 0.3) is 86.9 Å². The van der Waals surface area contributed by atoms with Crippen LogP contribution in [0.3, 0.4) is 0 Å². The van der Waals surface area contributed by atoms with Crippen molar-refractivity contribution < 1.29 is 0 Å². The third kappa shape index (κ3) is 4.89. The lowest BCUT2D eigenvalue weighted by atomic mass is 9.79. The van der Waals surface area contributed by atoms with Gasteiger partial charge in [0, 0.05) is 0 Å². The topological polar surface area (TPSA) is 0 Å². The Bertz CT molecular complexity index is 2620. The van der Waals surface area contributed by atoms with Gasteiger partial charge in [-0.3, -0.25) is 0 Å². The van der Waals surface area contributed by atoms with Crippen molar-refractivity contribution in [3.63, 3.8) is 0 Å². The molecular weight excluding hydrogens is 601 g/mol. The van der Waals surface area contributed by atoms with Gasteiger partial charge in [-0.05, 0) is 133 Å². The molecule has 0 fully saturated rings. The largest absolute Gasteiger partial charge is 0.0616 e. The van der Waals surface area contributed by atoms with Gasteiger partial charge in [0.15, 0.2) is 0 Å². The standard InChI is InChI=1S/C50H42/c1-49(2,3)37-23-25-41-45(29-37)47(35-21-19-33-17-15-31-11-7-9-13-39(31)43(33)27-35)42-26-24-38(50(4,5)6)30-46(42)48(41)36-22-20-34-18-16-32-12-8-10-14-40(32)44(34)28-36/h7-30H,1-6H3. The Morgan fingerprint density at radius 3 is 1.04 bits per heavy atom. The fourth-order valence-corrected chi connectivity index (χ4v) is 8.10. The third-order valence-electron chi connectivity index (χ3n) is 10.9. The molecule has 9 rings (SSSR count). The van der Waals surface area contributed by atoms with Crippen molar-refractivity contribution in [3.8, 4) is 22.3 Å². The molecule has 0 aliphatic heterocycles. The molecular formula is C50H42. The van der Waals surface area contributed by atoms with Gasteiger partial charge in [0.2, 0.25) is 0 Å².